The molecular formula is C15H20N4O2. The van der Waals surface area contributed by atoms with E-state index in [4.69, 9.17) is 10.5 Å². The smallest absolute Gasteiger partial charge is 0.244 e. The van der Waals surface area contributed by atoms with Gasteiger partial charge in [0, 0.05) is 24.0 Å². The number of ether oxygens (including phenoxy) is 1. The summed E-state index contributed by atoms with van der Waals surface area (Å²) >= 11 is 0. The molecule has 0 aliphatic carbocycles. The number of nitrogens with two attached hydrogens (primary N) is 1. The Kier molecular flexibility index (Phi) is 4.47. The largest absolute Gasteiger partial charge is 0.495 e. The first kappa shape index (κ1) is 14.9. The molecule has 1 amide bonds. The van der Waals surface area contributed by atoms with E-state index in [1.807, 2.05) is 18.4 Å². The summed E-state index contributed by atoms with van der Waals surface area (Å²) in [5.41, 5.74) is 6.87. The highest BCUT2D eigenvalue weighted by molar-refractivity contribution is 5.92. The summed E-state index contributed by atoms with van der Waals surface area (Å²) in [6.45, 7) is 4.28. The fourth-order valence-corrected chi connectivity index (χ4v) is 2.12. The lowest BCUT2D eigenvalue weighted by Crippen LogP contribution is -2.20. The lowest BCUT2D eigenvalue weighted by molar-refractivity contribution is -0.116. The second kappa shape index (κ2) is 6.30. The number of anilines is 2. The Bertz CT molecular complexity index is 634. The zero-order valence-corrected chi connectivity index (χ0v) is 12.5. The van der Waals surface area contributed by atoms with Crippen molar-refractivity contribution in [3.63, 3.8) is 0 Å². The number of rotatable bonds is 5. The van der Waals surface area contributed by atoms with E-state index in [9.17, 15) is 4.79 Å². The van der Waals surface area contributed by atoms with Gasteiger partial charge < -0.3 is 20.4 Å². The number of hydrogen-bond acceptors (Lipinski definition) is 4. The topological polar surface area (TPSA) is 82.2 Å². The van der Waals surface area contributed by atoms with E-state index < -0.39 is 0 Å². The van der Waals surface area contributed by atoms with Gasteiger partial charge in [-0.05, 0) is 18.2 Å². The molecule has 1 aromatic carbocycles. The molecule has 6 nitrogen and oxygen atoms in total. The van der Waals surface area contributed by atoms with Crippen LogP contribution in [-0.4, -0.2) is 22.6 Å². The first-order valence-electron chi connectivity index (χ1n) is 6.75. The molecule has 3 N–H and O–H groups in total. The molecule has 0 bridgehead atoms. The maximum atomic E-state index is 12.2. The Morgan fingerprint density at radius 3 is 2.90 bits per heavy atom. The average molecular weight is 288 g/mol. The molecule has 0 saturated heterocycles. The van der Waals surface area contributed by atoms with Gasteiger partial charge >= 0.3 is 0 Å². The van der Waals surface area contributed by atoms with Crippen molar-refractivity contribution in [1.29, 1.82) is 0 Å². The minimum Gasteiger partial charge on any atom is -0.495 e. The lowest BCUT2D eigenvalue weighted by Gasteiger charge is -2.13. The van der Waals surface area contributed by atoms with Crippen LogP contribution in [0.25, 0.3) is 0 Å². The standard InChI is InChI=1S/C15H20N4O2/c1-10(2)15-17-6-7-19(15)9-14(20)18-12-8-11(16)4-5-13(12)21-3/h4-8,10H,9,16H2,1-3H3,(H,18,20). The molecule has 1 aromatic heterocycles. The third-order valence-electron chi connectivity index (χ3n) is 3.08. The first-order chi connectivity index (χ1) is 10.0. The van der Waals surface area contributed by atoms with E-state index in [0.717, 1.165) is 5.82 Å². The summed E-state index contributed by atoms with van der Waals surface area (Å²) < 4.78 is 7.04. The summed E-state index contributed by atoms with van der Waals surface area (Å²) in [4.78, 5) is 16.4. The van der Waals surface area contributed by atoms with Crippen LogP contribution in [0, 0.1) is 0 Å². The number of aromatic nitrogens is 2. The van der Waals surface area contributed by atoms with Gasteiger partial charge in [-0.25, -0.2) is 4.98 Å². The molecule has 0 unspecified atom stereocenters. The number of amides is 1. The Hall–Kier alpha value is -2.50. The van der Waals surface area contributed by atoms with Crippen molar-refractivity contribution in [2.24, 2.45) is 0 Å². The van der Waals surface area contributed by atoms with Crippen LogP contribution >= 0.6 is 0 Å². The fraction of sp³-hybridized carbons (Fsp3) is 0.333. The summed E-state index contributed by atoms with van der Waals surface area (Å²) in [6, 6.07) is 5.12. The van der Waals surface area contributed by atoms with Crippen molar-refractivity contribution < 1.29 is 9.53 Å². The van der Waals surface area contributed by atoms with Gasteiger partial charge in [-0.15, -0.1) is 0 Å². The van der Waals surface area contributed by atoms with Crippen molar-refractivity contribution in [2.75, 3.05) is 18.2 Å². The van der Waals surface area contributed by atoms with Crippen molar-refractivity contribution in [1.82, 2.24) is 9.55 Å². The molecule has 0 spiro atoms. The highest BCUT2D eigenvalue weighted by Crippen LogP contribution is 2.26. The summed E-state index contributed by atoms with van der Waals surface area (Å²) in [7, 11) is 1.55. The van der Waals surface area contributed by atoms with Crippen LogP contribution in [0.1, 0.15) is 25.6 Å². The molecule has 2 rings (SSSR count). The highest BCUT2D eigenvalue weighted by Gasteiger charge is 2.12. The summed E-state index contributed by atoms with van der Waals surface area (Å²) in [5, 5.41) is 2.81. The van der Waals surface area contributed by atoms with E-state index >= 15 is 0 Å². The Balaban J connectivity index is 2.12. The molecule has 6 heteroatoms. The van der Waals surface area contributed by atoms with Gasteiger partial charge in [-0.3, -0.25) is 4.79 Å². The molecule has 0 saturated carbocycles. The average Bonchev–Trinajstić information content (AvgIpc) is 2.87. The van der Waals surface area contributed by atoms with E-state index in [-0.39, 0.29) is 18.4 Å². The monoisotopic (exact) mass is 288 g/mol. The number of nitrogens with one attached hydrogen (secondary N) is 1. The third kappa shape index (κ3) is 3.53. The van der Waals surface area contributed by atoms with Crippen molar-refractivity contribution in [3.8, 4) is 5.75 Å². The van der Waals surface area contributed by atoms with Crippen molar-refractivity contribution >= 4 is 17.3 Å². The van der Waals surface area contributed by atoms with E-state index in [0.29, 0.717) is 17.1 Å². The van der Waals surface area contributed by atoms with Crippen molar-refractivity contribution in [2.45, 2.75) is 26.3 Å². The second-order valence-electron chi connectivity index (χ2n) is 5.08. The second-order valence-corrected chi connectivity index (χ2v) is 5.08. The molecule has 0 fully saturated rings. The molecule has 2 aromatic rings. The zero-order chi connectivity index (χ0) is 15.4. The number of benzene rings is 1. The predicted octanol–water partition coefficient (Wildman–Crippen LogP) is 2.24. The molecule has 0 atom stereocenters. The summed E-state index contributed by atoms with van der Waals surface area (Å²) in [6.07, 6.45) is 3.50. The fourth-order valence-electron chi connectivity index (χ4n) is 2.12. The van der Waals surface area contributed by atoms with Crippen LogP contribution in [0.5, 0.6) is 5.75 Å². The maximum Gasteiger partial charge on any atom is 0.244 e. The number of hydrogen-bond donors (Lipinski definition) is 2. The minimum atomic E-state index is -0.154. The van der Waals surface area contributed by atoms with Gasteiger partial charge in [0.1, 0.15) is 18.1 Å². The van der Waals surface area contributed by atoms with E-state index in [1.54, 1.807) is 37.7 Å². The number of nitrogens with zero attached hydrogens (tertiary/aromatic N) is 2. The van der Waals surface area contributed by atoms with Crippen LogP contribution in [-0.2, 0) is 11.3 Å². The zero-order valence-electron chi connectivity index (χ0n) is 12.5. The van der Waals surface area contributed by atoms with Gasteiger partial charge in [0.25, 0.3) is 0 Å². The maximum absolute atomic E-state index is 12.2. The number of carbonyl (C=O) groups is 1. The molecule has 21 heavy (non-hydrogen) atoms. The predicted molar refractivity (Wildman–Crippen MR) is 82.4 cm³/mol. The Morgan fingerprint density at radius 1 is 1.48 bits per heavy atom. The van der Waals surface area contributed by atoms with Crippen molar-refractivity contribution in [3.05, 3.63) is 36.4 Å². The molecule has 1 heterocycles. The van der Waals surface area contributed by atoms with Crippen LogP contribution in [0.3, 0.4) is 0 Å². The van der Waals surface area contributed by atoms with Crippen LogP contribution < -0.4 is 15.8 Å². The lowest BCUT2D eigenvalue weighted by atomic mass is 10.2. The normalized spacial score (nSPS) is 10.7. The SMILES string of the molecule is COc1ccc(N)cc1NC(=O)Cn1ccnc1C(C)C. The molecule has 112 valence electrons. The third-order valence-corrected chi connectivity index (χ3v) is 3.08. The molecule has 0 aliphatic rings. The Labute approximate surface area is 123 Å². The van der Waals surface area contributed by atoms with Gasteiger partial charge in [-0.1, -0.05) is 13.8 Å². The van der Waals surface area contributed by atoms with Crippen LogP contribution in [0.2, 0.25) is 0 Å². The van der Waals surface area contributed by atoms with Gasteiger partial charge in [0.05, 0.1) is 12.8 Å². The first-order valence-corrected chi connectivity index (χ1v) is 6.75. The van der Waals surface area contributed by atoms with Crippen LogP contribution in [0.4, 0.5) is 11.4 Å². The molecule has 0 radical (unpaired) electrons. The number of nitrogen functional groups attached to an aromatic ring is 1. The van der Waals surface area contributed by atoms with Gasteiger partial charge in [0.15, 0.2) is 0 Å². The van der Waals surface area contributed by atoms with E-state index in [2.05, 4.69) is 10.3 Å². The van der Waals surface area contributed by atoms with Gasteiger partial charge in [-0.2, -0.15) is 0 Å². The molecular weight excluding hydrogens is 268 g/mol. The number of imidazole rings is 1. The summed E-state index contributed by atoms with van der Waals surface area (Å²) in [5.74, 6) is 1.56. The number of carbonyl (C=O) groups excluding carboxylic acids is 1. The number of methoxy groups -OCH3 is 1. The quantitative estimate of drug-likeness (QED) is 0.827. The Morgan fingerprint density at radius 2 is 2.24 bits per heavy atom. The molecule has 0 aliphatic heterocycles. The highest BCUT2D eigenvalue weighted by atomic mass is 16.5. The minimum absolute atomic E-state index is 0.154. The van der Waals surface area contributed by atoms with Gasteiger partial charge in [0.2, 0.25) is 5.91 Å². The van der Waals surface area contributed by atoms with Crippen LogP contribution in [0.15, 0.2) is 30.6 Å². The van der Waals surface area contributed by atoms with E-state index in [1.165, 1.54) is 0 Å².